The van der Waals surface area contributed by atoms with Crippen LogP contribution in [0.3, 0.4) is 0 Å². The van der Waals surface area contributed by atoms with Crippen LogP contribution in [0.5, 0.6) is 0 Å². The van der Waals surface area contributed by atoms with Crippen molar-refractivity contribution in [3.8, 4) is 6.07 Å². The third-order valence-corrected chi connectivity index (χ3v) is 3.64. The number of hydrogen-bond acceptors (Lipinski definition) is 4. The van der Waals surface area contributed by atoms with Gasteiger partial charge >= 0.3 is 0 Å². The molecule has 0 spiro atoms. The molecule has 1 aliphatic rings. The van der Waals surface area contributed by atoms with Crippen molar-refractivity contribution in [1.82, 2.24) is 9.80 Å². The van der Waals surface area contributed by atoms with Gasteiger partial charge in [-0.15, -0.1) is 0 Å². The van der Waals surface area contributed by atoms with E-state index in [0.717, 1.165) is 39.0 Å². The second kappa shape index (κ2) is 10.6. The molecule has 0 aromatic rings. The summed E-state index contributed by atoms with van der Waals surface area (Å²) in [6.45, 7) is 11.5. The molecule has 0 aromatic carbocycles. The Hall–Kier alpha value is -1.12. The molecule has 0 bridgehead atoms. The summed E-state index contributed by atoms with van der Waals surface area (Å²) in [5.41, 5.74) is 5.37. The van der Waals surface area contributed by atoms with Crippen LogP contribution in [-0.2, 0) is 4.79 Å². The molecule has 1 heterocycles. The predicted molar refractivity (Wildman–Crippen MR) is 82.0 cm³/mol. The number of carbonyl (C=O) groups excluding carboxylic acids is 1. The van der Waals surface area contributed by atoms with Crippen LogP contribution >= 0.6 is 0 Å². The third-order valence-electron chi connectivity index (χ3n) is 3.64. The molecule has 0 radical (unpaired) electrons. The molecule has 1 aliphatic heterocycles. The number of rotatable bonds is 5. The van der Waals surface area contributed by atoms with Gasteiger partial charge in [0.1, 0.15) is 0 Å². The lowest BCUT2D eigenvalue weighted by atomic mass is 10.0. The maximum Gasteiger partial charge on any atom is 0.236 e. The number of carbonyl (C=O) groups is 1. The van der Waals surface area contributed by atoms with Gasteiger partial charge in [0.15, 0.2) is 0 Å². The smallest absolute Gasteiger partial charge is 0.236 e. The summed E-state index contributed by atoms with van der Waals surface area (Å²) in [4.78, 5) is 15.7. The van der Waals surface area contributed by atoms with E-state index in [1.807, 2.05) is 25.7 Å². The fourth-order valence-corrected chi connectivity index (χ4v) is 2.54. The van der Waals surface area contributed by atoms with E-state index in [2.05, 4.69) is 17.9 Å². The largest absolute Gasteiger partial charge is 0.341 e. The lowest BCUT2D eigenvalue weighted by Crippen LogP contribution is -2.48. The van der Waals surface area contributed by atoms with Gasteiger partial charge in [-0.25, -0.2) is 0 Å². The van der Waals surface area contributed by atoms with Crippen molar-refractivity contribution in [3.05, 3.63) is 0 Å². The molecule has 0 saturated carbocycles. The molecule has 5 nitrogen and oxygen atoms in total. The molecule has 116 valence electrons. The van der Waals surface area contributed by atoms with Crippen LogP contribution in [0.1, 0.15) is 40.5 Å². The summed E-state index contributed by atoms with van der Waals surface area (Å²) in [5, 5.41) is 8.88. The van der Waals surface area contributed by atoms with E-state index in [4.69, 9.17) is 11.0 Å². The zero-order chi connectivity index (χ0) is 15.5. The van der Waals surface area contributed by atoms with E-state index in [0.29, 0.717) is 6.04 Å². The Kier molecular flexibility index (Phi) is 10.0. The second-order valence-corrected chi connectivity index (χ2v) is 4.93. The summed E-state index contributed by atoms with van der Waals surface area (Å²) >= 11 is 0. The number of nitriles is 1. The van der Waals surface area contributed by atoms with Crippen LogP contribution in [0.25, 0.3) is 0 Å². The third kappa shape index (κ3) is 5.89. The van der Waals surface area contributed by atoms with Gasteiger partial charge in [0, 0.05) is 25.7 Å². The average Bonchev–Trinajstić information content (AvgIpc) is 2.53. The quantitative estimate of drug-likeness (QED) is 0.828. The van der Waals surface area contributed by atoms with Gasteiger partial charge in [-0.3, -0.25) is 9.69 Å². The summed E-state index contributed by atoms with van der Waals surface area (Å²) in [5.74, 6) is 0.107. The van der Waals surface area contributed by atoms with Crippen molar-refractivity contribution in [2.75, 3.05) is 32.7 Å². The van der Waals surface area contributed by atoms with Crippen LogP contribution in [0.2, 0.25) is 0 Å². The second-order valence-electron chi connectivity index (χ2n) is 4.93. The summed E-state index contributed by atoms with van der Waals surface area (Å²) in [7, 11) is 0. The highest BCUT2D eigenvalue weighted by atomic mass is 16.2. The Morgan fingerprint density at radius 1 is 1.45 bits per heavy atom. The van der Waals surface area contributed by atoms with Gasteiger partial charge < -0.3 is 10.6 Å². The van der Waals surface area contributed by atoms with Crippen molar-refractivity contribution < 1.29 is 4.79 Å². The van der Waals surface area contributed by atoms with Crippen molar-refractivity contribution in [1.29, 1.82) is 5.26 Å². The van der Waals surface area contributed by atoms with Crippen LogP contribution in [0.4, 0.5) is 0 Å². The molecule has 0 aliphatic carbocycles. The van der Waals surface area contributed by atoms with Crippen LogP contribution in [-0.4, -0.2) is 54.5 Å². The summed E-state index contributed by atoms with van der Waals surface area (Å²) in [6, 6.07) is 2.78. The first kappa shape index (κ1) is 18.9. The highest BCUT2D eigenvalue weighted by Crippen LogP contribution is 2.17. The maximum absolute atomic E-state index is 11.5. The van der Waals surface area contributed by atoms with E-state index < -0.39 is 0 Å². The van der Waals surface area contributed by atoms with Crippen molar-refractivity contribution in [2.24, 2.45) is 11.7 Å². The first-order chi connectivity index (χ1) is 9.62. The number of nitrogens with two attached hydrogens (primary N) is 1. The number of likely N-dealkylation sites (tertiary alicyclic amines) is 1. The Bertz CT molecular complexity index is 305. The van der Waals surface area contributed by atoms with Crippen molar-refractivity contribution in [2.45, 2.75) is 46.6 Å². The molecular formula is C15H30N4O. The first-order valence-electron chi connectivity index (χ1n) is 7.73. The topological polar surface area (TPSA) is 73.4 Å². The molecule has 2 N–H and O–H groups in total. The molecule has 1 atom stereocenters. The molecule has 5 heteroatoms. The average molecular weight is 282 g/mol. The summed E-state index contributed by atoms with van der Waals surface area (Å²) in [6.07, 6.45) is 1.97. The highest BCUT2D eigenvalue weighted by Gasteiger charge is 2.26. The zero-order valence-corrected chi connectivity index (χ0v) is 13.4. The van der Waals surface area contributed by atoms with E-state index >= 15 is 0 Å². The Morgan fingerprint density at radius 2 is 2.00 bits per heavy atom. The Balaban J connectivity index is 0.00000172. The van der Waals surface area contributed by atoms with Gasteiger partial charge in [0.05, 0.1) is 18.5 Å². The van der Waals surface area contributed by atoms with Gasteiger partial charge in [-0.2, -0.15) is 5.26 Å². The molecule has 1 saturated heterocycles. The fraction of sp³-hybridized carbons (Fsp3) is 0.867. The van der Waals surface area contributed by atoms with E-state index in [1.165, 1.54) is 0 Å². The first-order valence-corrected chi connectivity index (χ1v) is 7.73. The summed E-state index contributed by atoms with van der Waals surface area (Å²) < 4.78 is 0. The van der Waals surface area contributed by atoms with Gasteiger partial charge in [0.2, 0.25) is 5.91 Å². The predicted octanol–water partition coefficient (Wildman–Crippen LogP) is 1.44. The number of nitrogens with zero attached hydrogens (tertiary/aromatic N) is 3. The van der Waals surface area contributed by atoms with Crippen LogP contribution < -0.4 is 5.73 Å². The molecular weight excluding hydrogens is 252 g/mol. The monoisotopic (exact) mass is 282 g/mol. The SMILES string of the molecule is CC.CCN(CC(C)C#N)C1CCN(C(=O)CN)CC1. The minimum atomic E-state index is 0.0434. The minimum Gasteiger partial charge on any atom is -0.341 e. The normalized spacial score (nSPS) is 17.1. The lowest BCUT2D eigenvalue weighted by Gasteiger charge is -2.38. The van der Waals surface area contributed by atoms with E-state index in [-0.39, 0.29) is 18.4 Å². The van der Waals surface area contributed by atoms with Gasteiger partial charge in [-0.1, -0.05) is 20.8 Å². The number of amides is 1. The molecule has 1 amide bonds. The van der Waals surface area contributed by atoms with Gasteiger partial charge in [0.25, 0.3) is 0 Å². The highest BCUT2D eigenvalue weighted by molar-refractivity contribution is 5.78. The molecule has 1 fully saturated rings. The van der Waals surface area contributed by atoms with Crippen molar-refractivity contribution in [3.63, 3.8) is 0 Å². The van der Waals surface area contributed by atoms with Crippen LogP contribution in [0.15, 0.2) is 0 Å². The standard InChI is InChI=1S/C13H24N4O.C2H6/c1-3-16(10-11(2)8-14)12-4-6-17(7-5-12)13(18)9-15;1-2/h11-12H,3-7,9-10,15H2,1-2H3;1-2H3. The lowest BCUT2D eigenvalue weighted by molar-refractivity contribution is -0.131. The minimum absolute atomic E-state index is 0.0434. The number of hydrogen-bond donors (Lipinski definition) is 1. The zero-order valence-electron chi connectivity index (χ0n) is 13.4. The molecule has 0 aromatic heterocycles. The Labute approximate surface area is 123 Å². The fourth-order valence-electron chi connectivity index (χ4n) is 2.54. The van der Waals surface area contributed by atoms with E-state index in [1.54, 1.807) is 0 Å². The molecule has 1 rings (SSSR count). The molecule has 20 heavy (non-hydrogen) atoms. The van der Waals surface area contributed by atoms with E-state index in [9.17, 15) is 4.79 Å². The van der Waals surface area contributed by atoms with Crippen molar-refractivity contribution >= 4 is 5.91 Å². The van der Waals surface area contributed by atoms with Gasteiger partial charge in [-0.05, 0) is 26.3 Å². The maximum atomic E-state index is 11.5. The number of piperidine rings is 1. The molecule has 1 unspecified atom stereocenters. The van der Waals surface area contributed by atoms with Crippen LogP contribution in [0, 0.1) is 17.2 Å². The Morgan fingerprint density at radius 3 is 2.40 bits per heavy atom.